The van der Waals surface area contributed by atoms with Crippen LogP contribution in [0.2, 0.25) is 0 Å². The Balaban J connectivity index is 1.37. The molecule has 0 saturated carbocycles. The first-order valence-corrected chi connectivity index (χ1v) is 10.6. The molecular weight excluding hydrogens is 362 g/mol. The summed E-state index contributed by atoms with van der Waals surface area (Å²) in [6.07, 6.45) is 2.22. The fourth-order valence-electron chi connectivity index (χ4n) is 4.48. The summed E-state index contributed by atoms with van der Waals surface area (Å²) in [6.45, 7) is 9.11. The topological polar surface area (TPSA) is 47.0 Å². The van der Waals surface area contributed by atoms with Gasteiger partial charge in [0.25, 0.3) is 5.91 Å². The summed E-state index contributed by atoms with van der Waals surface area (Å²) in [7, 11) is 2.19. The highest BCUT2D eigenvalue weighted by molar-refractivity contribution is 5.99. The molecule has 0 atom stereocenters. The Morgan fingerprint density at radius 1 is 1.00 bits per heavy atom. The number of likely N-dealkylation sites (N-methyl/N-ethyl adjacent to an activating group) is 1. The van der Waals surface area contributed by atoms with Crippen molar-refractivity contribution in [3.8, 4) is 5.75 Å². The van der Waals surface area contributed by atoms with E-state index in [1.54, 1.807) is 12.1 Å². The maximum atomic E-state index is 12.9. The average Bonchev–Trinajstić information content (AvgIpc) is 3.01. The van der Waals surface area contributed by atoms with Gasteiger partial charge in [-0.2, -0.15) is 0 Å². The Bertz CT molecular complexity index is 870. The van der Waals surface area contributed by atoms with Crippen LogP contribution in [-0.4, -0.2) is 65.5 Å². The lowest BCUT2D eigenvalue weighted by atomic mass is 9.98. The van der Waals surface area contributed by atoms with E-state index in [1.165, 1.54) is 18.7 Å². The Hall–Kier alpha value is -2.37. The van der Waals surface area contributed by atoms with Crippen molar-refractivity contribution in [1.29, 1.82) is 0 Å². The number of aromatic hydroxyl groups is 1. The predicted molar refractivity (Wildman–Crippen MR) is 115 cm³/mol. The zero-order chi connectivity index (χ0) is 20.4. The smallest absolute Gasteiger partial charge is 0.255 e. The predicted octanol–water partition coefficient (Wildman–Crippen LogP) is 3.04. The molecule has 2 heterocycles. The fourth-order valence-corrected chi connectivity index (χ4v) is 4.48. The number of amides is 1. The van der Waals surface area contributed by atoms with Gasteiger partial charge in [-0.05, 0) is 67.7 Å². The average molecular weight is 394 g/mol. The molecule has 0 bridgehead atoms. The Morgan fingerprint density at radius 3 is 2.45 bits per heavy atom. The van der Waals surface area contributed by atoms with Crippen molar-refractivity contribution < 1.29 is 9.90 Å². The molecular formula is C24H31N3O2. The number of aryl methyl sites for hydroxylation is 2. The lowest BCUT2D eigenvalue weighted by Crippen LogP contribution is -2.44. The van der Waals surface area contributed by atoms with Crippen LogP contribution in [0.3, 0.4) is 0 Å². The summed E-state index contributed by atoms with van der Waals surface area (Å²) in [6, 6.07) is 11.5. The monoisotopic (exact) mass is 393 g/mol. The highest BCUT2D eigenvalue weighted by Gasteiger charge is 2.29. The van der Waals surface area contributed by atoms with Gasteiger partial charge in [0.2, 0.25) is 0 Å². The van der Waals surface area contributed by atoms with E-state index in [0.29, 0.717) is 13.1 Å². The van der Waals surface area contributed by atoms with E-state index in [-0.39, 0.29) is 11.7 Å². The Morgan fingerprint density at radius 2 is 1.72 bits per heavy atom. The molecule has 154 valence electrons. The number of carbonyl (C=O) groups excluding carboxylic acids is 1. The quantitative estimate of drug-likeness (QED) is 0.820. The highest BCUT2D eigenvalue weighted by Crippen LogP contribution is 2.29. The molecule has 2 aliphatic rings. The molecule has 0 aromatic heterocycles. The van der Waals surface area contributed by atoms with Crippen LogP contribution in [0.15, 0.2) is 36.4 Å². The van der Waals surface area contributed by atoms with E-state index >= 15 is 0 Å². The van der Waals surface area contributed by atoms with Gasteiger partial charge >= 0.3 is 0 Å². The van der Waals surface area contributed by atoms with Gasteiger partial charge in [0.05, 0.1) is 0 Å². The summed E-state index contributed by atoms with van der Waals surface area (Å²) < 4.78 is 0. The van der Waals surface area contributed by atoms with Gasteiger partial charge in [-0.1, -0.05) is 24.3 Å². The third-order valence-electron chi connectivity index (χ3n) is 6.18. The molecule has 0 radical (unpaired) electrons. The Kier molecular flexibility index (Phi) is 5.88. The van der Waals surface area contributed by atoms with Crippen molar-refractivity contribution in [3.05, 3.63) is 64.2 Å². The van der Waals surface area contributed by atoms with Crippen LogP contribution < -0.4 is 0 Å². The molecule has 0 aliphatic carbocycles. The standard InChI is InChI=1S/C24H31N3O2/c1-18-14-20(4-3-9-26-12-10-25(2)11-13-26)15-21-17-27(24(29)23(18)21)16-19-5-7-22(28)8-6-19/h5-8,14-15,28H,3-4,9-13,16-17H2,1-2H3. The summed E-state index contributed by atoms with van der Waals surface area (Å²) in [5, 5.41) is 9.46. The highest BCUT2D eigenvalue weighted by atomic mass is 16.3. The lowest BCUT2D eigenvalue weighted by Gasteiger charge is -2.32. The van der Waals surface area contributed by atoms with E-state index in [2.05, 4.69) is 35.9 Å². The summed E-state index contributed by atoms with van der Waals surface area (Å²) in [5.74, 6) is 0.372. The minimum atomic E-state index is 0.120. The maximum absolute atomic E-state index is 12.9. The molecule has 2 aromatic rings. The van der Waals surface area contributed by atoms with Crippen LogP contribution >= 0.6 is 0 Å². The summed E-state index contributed by atoms with van der Waals surface area (Å²) in [4.78, 5) is 19.8. The van der Waals surface area contributed by atoms with Crippen LogP contribution in [0.5, 0.6) is 5.75 Å². The van der Waals surface area contributed by atoms with Crippen LogP contribution in [-0.2, 0) is 19.5 Å². The van der Waals surface area contributed by atoms with Gasteiger partial charge in [0, 0.05) is 44.8 Å². The number of piperazine rings is 1. The molecule has 5 nitrogen and oxygen atoms in total. The maximum Gasteiger partial charge on any atom is 0.255 e. The normalized spacial score (nSPS) is 17.7. The first-order valence-electron chi connectivity index (χ1n) is 10.6. The number of benzene rings is 2. The molecule has 1 N–H and O–H groups in total. The molecule has 1 fully saturated rings. The first-order chi connectivity index (χ1) is 14.0. The van der Waals surface area contributed by atoms with Crippen LogP contribution in [0.4, 0.5) is 0 Å². The second kappa shape index (κ2) is 8.56. The minimum Gasteiger partial charge on any atom is -0.508 e. The molecule has 5 heteroatoms. The number of hydrogen-bond acceptors (Lipinski definition) is 4. The Labute approximate surface area is 173 Å². The number of phenols is 1. The van der Waals surface area contributed by atoms with Crippen molar-refractivity contribution in [2.45, 2.75) is 32.9 Å². The minimum absolute atomic E-state index is 0.120. The number of fused-ring (bicyclic) bond motifs is 1. The third-order valence-corrected chi connectivity index (χ3v) is 6.18. The summed E-state index contributed by atoms with van der Waals surface area (Å²) in [5.41, 5.74) is 5.51. The zero-order valence-corrected chi connectivity index (χ0v) is 17.5. The van der Waals surface area contributed by atoms with Crippen molar-refractivity contribution >= 4 is 5.91 Å². The van der Waals surface area contributed by atoms with Crippen LogP contribution in [0, 0.1) is 6.92 Å². The fraction of sp³-hybridized carbons (Fsp3) is 0.458. The SMILES string of the molecule is Cc1cc(CCCN2CCN(C)CC2)cc2c1C(=O)N(Cc1ccc(O)cc1)C2. The van der Waals surface area contributed by atoms with E-state index in [9.17, 15) is 9.90 Å². The molecule has 4 rings (SSSR count). The number of hydrogen-bond donors (Lipinski definition) is 1. The van der Waals surface area contributed by atoms with E-state index in [4.69, 9.17) is 0 Å². The summed E-state index contributed by atoms with van der Waals surface area (Å²) >= 11 is 0. The van der Waals surface area contributed by atoms with Gasteiger partial charge in [-0.3, -0.25) is 4.79 Å². The van der Waals surface area contributed by atoms with Gasteiger partial charge in [-0.25, -0.2) is 0 Å². The van der Waals surface area contributed by atoms with Crippen LogP contribution in [0.1, 0.15) is 39.0 Å². The molecule has 1 amide bonds. The van der Waals surface area contributed by atoms with E-state index in [1.807, 2.05) is 17.0 Å². The third kappa shape index (κ3) is 4.62. The second-order valence-corrected chi connectivity index (χ2v) is 8.52. The zero-order valence-electron chi connectivity index (χ0n) is 17.5. The number of rotatable bonds is 6. The van der Waals surface area contributed by atoms with Crippen LogP contribution in [0.25, 0.3) is 0 Å². The second-order valence-electron chi connectivity index (χ2n) is 8.52. The number of phenolic OH excluding ortho intramolecular Hbond substituents is 1. The van der Waals surface area contributed by atoms with Gasteiger partial charge in [-0.15, -0.1) is 0 Å². The van der Waals surface area contributed by atoms with E-state index < -0.39 is 0 Å². The van der Waals surface area contributed by atoms with Gasteiger partial charge in [0.15, 0.2) is 0 Å². The number of nitrogens with zero attached hydrogens (tertiary/aromatic N) is 3. The number of carbonyl (C=O) groups is 1. The molecule has 1 saturated heterocycles. The first kappa shape index (κ1) is 19.9. The van der Waals surface area contributed by atoms with Crippen molar-refractivity contribution in [1.82, 2.24) is 14.7 Å². The molecule has 0 unspecified atom stereocenters. The molecule has 2 aromatic carbocycles. The largest absolute Gasteiger partial charge is 0.508 e. The molecule has 29 heavy (non-hydrogen) atoms. The van der Waals surface area contributed by atoms with Gasteiger partial charge in [0.1, 0.15) is 5.75 Å². The van der Waals surface area contributed by atoms with Gasteiger partial charge < -0.3 is 19.8 Å². The van der Waals surface area contributed by atoms with Crippen molar-refractivity contribution in [2.75, 3.05) is 39.8 Å². The van der Waals surface area contributed by atoms with Crippen molar-refractivity contribution in [3.63, 3.8) is 0 Å². The molecule has 0 spiro atoms. The lowest BCUT2D eigenvalue weighted by molar-refractivity contribution is 0.0766. The molecule has 2 aliphatic heterocycles. The van der Waals surface area contributed by atoms with Crippen molar-refractivity contribution in [2.24, 2.45) is 0 Å². The van der Waals surface area contributed by atoms with E-state index in [0.717, 1.165) is 54.7 Å².